The fourth-order valence-electron chi connectivity index (χ4n) is 1.48. The molecular formula is C9H9ClFN3. The Hall–Kier alpha value is -1.13. The van der Waals surface area contributed by atoms with Gasteiger partial charge in [-0.3, -0.25) is 4.40 Å². The number of nitrogens with two attached hydrogens (primary N) is 1. The van der Waals surface area contributed by atoms with Crippen molar-refractivity contribution in [3.05, 3.63) is 34.5 Å². The lowest BCUT2D eigenvalue weighted by atomic mass is 10.3. The zero-order chi connectivity index (χ0) is 10.3. The minimum Gasteiger partial charge on any atom is -0.325 e. The third-order valence-corrected chi connectivity index (χ3v) is 2.41. The molecule has 0 radical (unpaired) electrons. The highest BCUT2D eigenvalue weighted by Gasteiger charge is 2.10. The van der Waals surface area contributed by atoms with E-state index in [-0.39, 0.29) is 0 Å². The van der Waals surface area contributed by atoms with Crippen molar-refractivity contribution in [2.24, 2.45) is 5.73 Å². The van der Waals surface area contributed by atoms with Crippen LogP contribution in [0.3, 0.4) is 0 Å². The van der Waals surface area contributed by atoms with Crippen molar-refractivity contribution in [1.82, 2.24) is 9.38 Å². The van der Waals surface area contributed by atoms with E-state index < -0.39 is 5.82 Å². The van der Waals surface area contributed by atoms with Crippen molar-refractivity contribution in [1.29, 1.82) is 0 Å². The molecule has 0 saturated carbocycles. The van der Waals surface area contributed by atoms with Crippen molar-refractivity contribution < 1.29 is 4.39 Å². The van der Waals surface area contributed by atoms with Crippen LogP contribution in [0.25, 0.3) is 5.65 Å². The SMILES string of the molecule is Cc1nc2c(Cl)cc(F)cn2c1CN. The highest BCUT2D eigenvalue weighted by atomic mass is 35.5. The Morgan fingerprint density at radius 3 is 3.00 bits per heavy atom. The maximum atomic E-state index is 13.0. The van der Waals surface area contributed by atoms with Crippen LogP contribution in [0.1, 0.15) is 11.4 Å². The van der Waals surface area contributed by atoms with Gasteiger partial charge in [0.2, 0.25) is 0 Å². The van der Waals surface area contributed by atoms with Crippen LogP contribution in [-0.4, -0.2) is 9.38 Å². The van der Waals surface area contributed by atoms with Crippen LogP contribution in [0, 0.1) is 12.7 Å². The second-order valence-corrected chi connectivity index (χ2v) is 3.46. The summed E-state index contributed by atoms with van der Waals surface area (Å²) in [7, 11) is 0. The van der Waals surface area contributed by atoms with Crippen LogP contribution in [0.4, 0.5) is 4.39 Å². The Morgan fingerprint density at radius 1 is 1.64 bits per heavy atom. The van der Waals surface area contributed by atoms with E-state index in [1.165, 1.54) is 12.3 Å². The predicted molar refractivity (Wildman–Crippen MR) is 52.8 cm³/mol. The minimum atomic E-state index is -0.394. The minimum absolute atomic E-state index is 0.299. The number of aryl methyl sites for hydroxylation is 1. The van der Waals surface area contributed by atoms with Gasteiger partial charge < -0.3 is 5.73 Å². The van der Waals surface area contributed by atoms with E-state index in [9.17, 15) is 4.39 Å². The summed E-state index contributed by atoms with van der Waals surface area (Å²) in [4.78, 5) is 4.21. The summed E-state index contributed by atoms with van der Waals surface area (Å²) in [6, 6.07) is 1.24. The van der Waals surface area contributed by atoms with Gasteiger partial charge in [0.25, 0.3) is 0 Å². The second kappa shape index (κ2) is 3.22. The number of pyridine rings is 1. The molecule has 0 spiro atoms. The molecule has 2 rings (SSSR count). The second-order valence-electron chi connectivity index (χ2n) is 3.05. The van der Waals surface area contributed by atoms with Crippen LogP contribution < -0.4 is 5.73 Å². The van der Waals surface area contributed by atoms with Crippen molar-refractivity contribution in [3.63, 3.8) is 0 Å². The zero-order valence-electron chi connectivity index (χ0n) is 7.59. The molecule has 5 heteroatoms. The van der Waals surface area contributed by atoms with Gasteiger partial charge in [-0.25, -0.2) is 9.37 Å². The van der Waals surface area contributed by atoms with Gasteiger partial charge in [-0.2, -0.15) is 0 Å². The number of hydrogen-bond acceptors (Lipinski definition) is 2. The molecule has 0 saturated heterocycles. The summed E-state index contributed by atoms with van der Waals surface area (Å²) >= 11 is 5.84. The number of halogens is 2. The first-order valence-corrected chi connectivity index (χ1v) is 4.54. The summed E-state index contributed by atoms with van der Waals surface area (Å²) < 4.78 is 14.6. The third kappa shape index (κ3) is 1.27. The first-order valence-electron chi connectivity index (χ1n) is 4.16. The fourth-order valence-corrected chi connectivity index (χ4v) is 1.72. The fraction of sp³-hybridized carbons (Fsp3) is 0.222. The van der Waals surface area contributed by atoms with Gasteiger partial charge in [0, 0.05) is 12.7 Å². The molecule has 0 bridgehead atoms. The number of nitrogens with zero attached hydrogens (tertiary/aromatic N) is 2. The van der Waals surface area contributed by atoms with Crippen LogP contribution in [0.15, 0.2) is 12.3 Å². The Labute approximate surface area is 85.3 Å². The van der Waals surface area contributed by atoms with Gasteiger partial charge in [0.1, 0.15) is 5.82 Å². The lowest BCUT2D eigenvalue weighted by Gasteiger charge is -2.00. The summed E-state index contributed by atoms with van der Waals surface area (Å²) in [6.07, 6.45) is 1.34. The molecule has 2 N–H and O–H groups in total. The summed E-state index contributed by atoms with van der Waals surface area (Å²) in [5, 5.41) is 0.299. The van der Waals surface area contributed by atoms with Crippen LogP contribution in [0.5, 0.6) is 0 Å². The first kappa shape index (κ1) is 9.43. The molecule has 74 valence electrons. The molecule has 0 aliphatic carbocycles. The van der Waals surface area contributed by atoms with E-state index in [4.69, 9.17) is 17.3 Å². The summed E-state index contributed by atoms with van der Waals surface area (Å²) in [5.74, 6) is -0.394. The number of hydrogen-bond donors (Lipinski definition) is 1. The van der Waals surface area contributed by atoms with E-state index in [1.807, 2.05) is 6.92 Å². The van der Waals surface area contributed by atoms with E-state index in [2.05, 4.69) is 4.98 Å². The van der Waals surface area contributed by atoms with Gasteiger partial charge in [-0.05, 0) is 13.0 Å². The third-order valence-electron chi connectivity index (χ3n) is 2.13. The van der Waals surface area contributed by atoms with Crippen LogP contribution in [0.2, 0.25) is 5.02 Å². The maximum Gasteiger partial charge on any atom is 0.156 e. The van der Waals surface area contributed by atoms with Gasteiger partial charge in [-0.15, -0.1) is 0 Å². The highest BCUT2D eigenvalue weighted by Crippen LogP contribution is 2.20. The van der Waals surface area contributed by atoms with Crippen molar-refractivity contribution in [3.8, 4) is 0 Å². The largest absolute Gasteiger partial charge is 0.325 e. The Morgan fingerprint density at radius 2 is 2.36 bits per heavy atom. The molecule has 0 amide bonds. The van der Waals surface area contributed by atoms with E-state index in [0.717, 1.165) is 11.4 Å². The number of aromatic nitrogens is 2. The molecule has 0 aliphatic heterocycles. The Kier molecular flexibility index (Phi) is 2.17. The topological polar surface area (TPSA) is 43.3 Å². The highest BCUT2D eigenvalue weighted by molar-refractivity contribution is 6.33. The number of rotatable bonds is 1. The average Bonchev–Trinajstić information content (AvgIpc) is 2.41. The lowest BCUT2D eigenvalue weighted by molar-refractivity contribution is 0.618. The van der Waals surface area contributed by atoms with Crippen LogP contribution in [-0.2, 0) is 6.54 Å². The van der Waals surface area contributed by atoms with Gasteiger partial charge >= 0.3 is 0 Å². The Bertz CT molecular complexity index is 492. The quantitative estimate of drug-likeness (QED) is 0.786. The monoisotopic (exact) mass is 213 g/mol. The maximum absolute atomic E-state index is 13.0. The number of fused-ring (bicyclic) bond motifs is 1. The normalized spacial score (nSPS) is 11.1. The number of imidazole rings is 1. The molecule has 14 heavy (non-hydrogen) atoms. The summed E-state index contributed by atoms with van der Waals surface area (Å²) in [6.45, 7) is 2.14. The Balaban J connectivity index is 2.87. The zero-order valence-corrected chi connectivity index (χ0v) is 8.35. The van der Waals surface area contributed by atoms with Gasteiger partial charge in [-0.1, -0.05) is 11.6 Å². The molecule has 0 unspecified atom stereocenters. The van der Waals surface area contributed by atoms with Crippen molar-refractivity contribution >= 4 is 17.2 Å². The lowest BCUT2D eigenvalue weighted by Crippen LogP contribution is -2.02. The molecule has 3 nitrogen and oxygen atoms in total. The van der Waals surface area contributed by atoms with E-state index in [0.29, 0.717) is 17.2 Å². The molecule has 0 atom stereocenters. The van der Waals surface area contributed by atoms with Crippen molar-refractivity contribution in [2.45, 2.75) is 13.5 Å². The molecule has 0 aromatic carbocycles. The van der Waals surface area contributed by atoms with Gasteiger partial charge in [0.15, 0.2) is 5.65 Å². The molecule has 2 aromatic heterocycles. The molecular weight excluding hydrogens is 205 g/mol. The summed E-state index contributed by atoms with van der Waals surface area (Å²) in [5.41, 5.74) is 7.64. The van der Waals surface area contributed by atoms with Crippen molar-refractivity contribution in [2.75, 3.05) is 0 Å². The first-order chi connectivity index (χ1) is 6.63. The molecule has 0 fully saturated rings. The van der Waals surface area contributed by atoms with E-state index in [1.54, 1.807) is 4.40 Å². The molecule has 2 aromatic rings. The predicted octanol–water partition coefficient (Wildman–Crippen LogP) is 1.89. The molecule has 0 aliphatic rings. The van der Waals surface area contributed by atoms with Crippen LogP contribution >= 0.6 is 11.6 Å². The van der Waals surface area contributed by atoms with E-state index >= 15 is 0 Å². The smallest absolute Gasteiger partial charge is 0.156 e. The standard InChI is InChI=1S/C9H9ClFN3/c1-5-8(3-12)14-4-6(11)2-7(10)9(14)13-5/h2,4H,3,12H2,1H3. The molecule has 2 heterocycles. The van der Waals surface area contributed by atoms with Gasteiger partial charge in [0.05, 0.1) is 16.4 Å². The average molecular weight is 214 g/mol.